The van der Waals surface area contributed by atoms with Crippen LogP contribution in [0.1, 0.15) is 13.3 Å². The van der Waals surface area contributed by atoms with Gasteiger partial charge in [-0.25, -0.2) is 0 Å². The fraction of sp³-hybridized carbons (Fsp3) is 0.500. The van der Waals surface area contributed by atoms with Crippen LogP contribution in [0.5, 0.6) is 0 Å². The van der Waals surface area contributed by atoms with E-state index >= 15 is 0 Å². The quantitative estimate of drug-likeness (QED) is 0.552. The molecule has 58 valence electrons. The number of ketones is 1. The van der Waals surface area contributed by atoms with Crippen molar-refractivity contribution in [2.45, 2.75) is 18.2 Å². The van der Waals surface area contributed by atoms with Crippen LogP contribution in [-0.4, -0.2) is 10.6 Å². The normalized spacial score (nSPS) is 12.4. The van der Waals surface area contributed by atoms with Crippen LogP contribution in [0.25, 0.3) is 0 Å². The zero-order valence-corrected chi connectivity index (χ0v) is 8.50. The smallest absolute Gasteiger partial charge is 0.171 e. The minimum atomic E-state index is -0.167. The predicted octanol–water partition coefficient (Wildman–Crippen LogP) is 3.05. The van der Waals surface area contributed by atoms with E-state index < -0.39 is 0 Å². The van der Waals surface area contributed by atoms with Gasteiger partial charge in [0.15, 0.2) is 5.78 Å². The van der Waals surface area contributed by atoms with E-state index in [0.29, 0.717) is 0 Å². The van der Waals surface area contributed by atoms with Gasteiger partial charge in [0.2, 0.25) is 0 Å². The number of allylic oxidation sites excluding steroid dienone is 1. The molecule has 10 heavy (non-hydrogen) atoms. The number of carbonyl (C=O) groups is 1. The lowest BCUT2D eigenvalue weighted by Crippen LogP contribution is -2.08. The summed E-state index contributed by atoms with van der Waals surface area (Å²) in [6, 6.07) is 0. The second-order valence-electron chi connectivity index (χ2n) is 1.71. The molecule has 1 atom stereocenters. The zero-order valence-electron chi connectivity index (χ0n) is 5.40. The van der Waals surface area contributed by atoms with E-state index in [1.54, 1.807) is 0 Å². The summed E-state index contributed by atoms with van der Waals surface area (Å²) in [4.78, 5) is 10.7. The van der Waals surface area contributed by atoms with Gasteiger partial charge in [0.05, 0.1) is 4.83 Å². The number of carbonyl (C=O) groups excluding carboxylic acids is 1. The summed E-state index contributed by atoms with van der Waals surface area (Å²) in [6.07, 6.45) is 1.93. The van der Waals surface area contributed by atoms with E-state index in [2.05, 4.69) is 15.9 Å². The molecule has 0 N–H and O–H groups in total. The van der Waals surface area contributed by atoms with Gasteiger partial charge in [-0.15, -0.1) is 0 Å². The number of hydrogen-bond donors (Lipinski definition) is 0. The largest absolute Gasteiger partial charge is 0.293 e. The molecule has 0 aromatic heterocycles. The van der Waals surface area contributed by atoms with Gasteiger partial charge in [0, 0.05) is 6.08 Å². The number of hydrogen-bond acceptors (Lipinski definition) is 1. The molecule has 0 heterocycles. The predicted molar refractivity (Wildman–Crippen MR) is 47.8 cm³/mol. The van der Waals surface area contributed by atoms with Gasteiger partial charge < -0.3 is 0 Å². The summed E-state index contributed by atoms with van der Waals surface area (Å²) in [6.45, 7) is 1.90. The summed E-state index contributed by atoms with van der Waals surface area (Å²) in [7, 11) is 0. The second kappa shape index (κ2) is 5.16. The minimum Gasteiger partial charge on any atom is -0.293 e. The van der Waals surface area contributed by atoms with Gasteiger partial charge in [-0.3, -0.25) is 4.79 Å². The van der Waals surface area contributed by atoms with E-state index in [0.717, 1.165) is 6.42 Å². The Morgan fingerprint density at radius 2 is 2.20 bits per heavy atom. The lowest BCUT2D eigenvalue weighted by Gasteiger charge is -1.98. The molecule has 0 bridgehead atoms. The van der Waals surface area contributed by atoms with Crippen LogP contribution in [0.3, 0.4) is 0 Å². The Morgan fingerprint density at radius 3 is 2.50 bits per heavy atom. The molecule has 0 aliphatic rings. The van der Waals surface area contributed by atoms with Crippen LogP contribution in [-0.2, 0) is 4.79 Å². The topological polar surface area (TPSA) is 17.1 Å². The summed E-state index contributed by atoms with van der Waals surface area (Å²) in [5, 5.41) is 0. The van der Waals surface area contributed by atoms with Crippen LogP contribution in [0.4, 0.5) is 0 Å². The van der Waals surface area contributed by atoms with Crippen molar-refractivity contribution in [2.24, 2.45) is 0 Å². The van der Waals surface area contributed by atoms with Crippen molar-refractivity contribution in [3.8, 4) is 0 Å². The minimum absolute atomic E-state index is 0.00269. The molecular formula is C6H7BrCl2O. The lowest BCUT2D eigenvalue weighted by molar-refractivity contribution is -0.114. The summed E-state index contributed by atoms with van der Waals surface area (Å²) in [5.41, 5.74) is 0. The molecule has 0 amide bonds. The Kier molecular flexibility index (Phi) is 5.41. The van der Waals surface area contributed by atoms with Gasteiger partial charge in [-0.05, 0) is 6.42 Å². The van der Waals surface area contributed by atoms with E-state index in [1.165, 1.54) is 6.08 Å². The highest BCUT2D eigenvalue weighted by Crippen LogP contribution is 2.11. The van der Waals surface area contributed by atoms with Crippen LogP contribution in [0.2, 0.25) is 0 Å². The van der Waals surface area contributed by atoms with Crippen molar-refractivity contribution in [1.82, 2.24) is 0 Å². The molecule has 4 heteroatoms. The second-order valence-corrected chi connectivity index (χ2v) is 3.83. The average Bonchev–Trinajstić information content (AvgIpc) is 1.85. The fourth-order valence-corrected chi connectivity index (χ4v) is 0.746. The molecule has 0 fully saturated rings. The molecule has 1 unspecified atom stereocenters. The molecule has 0 rings (SSSR count). The highest BCUT2D eigenvalue weighted by atomic mass is 79.9. The Hall–Kier alpha value is 0.470. The van der Waals surface area contributed by atoms with Crippen molar-refractivity contribution < 1.29 is 4.79 Å². The SMILES string of the molecule is CCC(Br)C(=O)C=C(Cl)Cl. The van der Waals surface area contributed by atoms with E-state index in [-0.39, 0.29) is 15.1 Å². The third-order valence-corrected chi connectivity index (χ3v) is 2.24. The molecule has 0 saturated carbocycles. The first-order chi connectivity index (χ1) is 4.57. The number of alkyl halides is 1. The van der Waals surface area contributed by atoms with Crippen molar-refractivity contribution in [2.75, 3.05) is 0 Å². The van der Waals surface area contributed by atoms with Gasteiger partial charge >= 0.3 is 0 Å². The summed E-state index contributed by atoms with van der Waals surface area (Å²) < 4.78 is 0.00269. The van der Waals surface area contributed by atoms with E-state index in [1.807, 2.05) is 6.92 Å². The first kappa shape index (κ1) is 10.5. The maximum absolute atomic E-state index is 10.9. The van der Waals surface area contributed by atoms with Gasteiger partial charge in [-0.2, -0.15) is 0 Å². The molecule has 1 nitrogen and oxygen atoms in total. The first-order valence-corrected chi connectivity index (χ1v) is 4.45. The Labute approximate surface area is 78.5 Å². The number of halogens is 3. The first-order valence-electron chi connectivity index (χ1n) is 2.78. The third-order valence-electron chi connectivity index (χ3n) is 0.919. The monoisotopic (exact) mass is 244 g/mol. The van der Waals surface area contributed by atoms with Crippen LogP contribution in [0, 0.1) is 0 Å². The molecule has 0 aromatic carbocycles. The summed E-state index contributed by atoms with van der Waals surface area (Å²) >= 11 is 13.7. The molecule has 0 aliphatic carbocycles. The van der Waals surface area contributed by atoms with E-state index in [4.69, 9.17) is 23.2 Å². The molecule has 0 saturated heterocycles. The highest BCUT2D eigenvalue weighted by molar-refractivity contribution is 9.10. The van der Waals surface area contributed by atoms with Crippen LogP contribution >= 0.6 is 39.1 Å². The van der Waals surface area contributed by atoms with Crippen molar-refractivity contribution >= 4 is 44.9 Å². The van der Waals surface area contributed by atoms with Crippen molar-refractivity contribution in [3.63, 3.8) is 0 Å². The third kappa shape index (κ3) is 4.31. The average molecular weight is 246 g/mol. The van der Waals surface area contributed by atoms with Crippen LogP contribution < -0.4 is 0 Å². The van der Waals surface area contributed by atoms with Gasteiger partial charge in [0.25, 0.3) is 0 Å². The standard InChI is InChI=1S/C6H7BrCl2O/c1-2-4(7)5(10)3-6(8)9/h3-4H,2H2,1H3. The number of rotatable bonds is 3. The molecule has 0 aliphatic heterocycles. The molecule has 0 radical (unpaired) electrons. The molecule has 0 spiro atoms. The van der Waals surface area contributed by atoms with Crippen LogP contribution in [0.15, 0.2) is 10.6 Å². The lowest BCUT2D eigenvalue weighted by atomic mass is 10.2. The van der Waals surface area contributed by atoms with E-state index in [9.17, 15) is 4.79 Å². The molecular weight excluding hydrogens is 239 g/mol. The Bertz CT molecular complexity index is 152. The molecule has 0 aromatic rings. The Balaban J connectivity index is 3.97. The zero-order chi connectivity index (χ0) is 8.15. The van der Waals surface area contributed by atoms with Crippen molar-refractivity contribution in [1.29, 1.82) is 0 Å². The highest BCUT2D eigenvalue weighted by Gasteiger charge is 2.09. The summed E-state index contributed by atoms with van der Waals surface area (Å²) in [5.74, 6) is -0.0949. The van der Waals surface area contributed by atoms with Crippen molar-refractivity contribution in [3.05, 3.63) is 10.6 Å². The van der Waals surface area contributed by atoms with Gasteiger partial charge in [-0.1, -0.05) is 46.1 Å². The van der Waals surface area contributed by atoms with Gasteiger partial charge in [0.1, 0.15) is 4.49 Å². The maximum Gasteiger partial charge on any atom is 0.171 e. The Morgan fingerprint density at radius 1 is 1.70 bits per heavy atom. The fourth-order valence-electron chi connectivity index (χ4n) is 0.399. The maximum atomic E-state index is 10.9.